The largest absolute Gasteiger partial charge is 0.333 e. The number of aromatic nitrogens is 2. The third kappa shape index (κ3) is 3.10. The van der Waals surface area contributed by atoms with Crippen molar-refractivity contribution in [3.05, 3.63) is 18.0 Å². The molecule has 5 nitrogen and oxygen atoms in total. The first-order valence-corrected chi connectivity index (χ1v) is 6.72. The zero-order valence-corrected chi connectivity index (χ0v) is 11.1. The SMILES string of the molecule is CC(C)N(CC1CCCCN1)C(=O)c1ccn[nH]1. The topological polar surface area (TPSA) is 61.0 Å². The second-order valence-electron chi connectivity index (χ2n) is 5.17. The van der Waals surface area contributed by atoms with E-state index in [1.165, 1.54) is 12.8 Å². The smallest absolute Gasteiger partial charge is 0.272 e. The van der Waals surface area contributed by atoms with Gasteiger partial charge in [0.1, 0.15) is 5.69 Å². The summed E-state index contributed by atoms with van der Waals surface area (Å²) in [6.07, 6.45) is 5.26. The Morgan fingerprint density at radius 2 is 2.39 bits per heavy atom. The van der Waals surface area contributed by atoms with E-state index in [1.54, 1.807) is 12.3 Å². The van der Waals surface area contributed by atoms with E-state index in [1.807, 2.05) is 4.90 Å². The van der Waals surface area contributed by atoms with Gasteiger partial charge in [-0.3, -0.25) is 9.89 Å². The van der Waals surface area contributed by atoms with Gasteiger partial charge in [0.05, 0.1) is 0 Å². The van der Waals surface area contributed by atoms with Gasteiger partial charge >= 0.3 is 0 Å². The highest BCUT2D eigenvalue weighted by Gasteiger charge is 2.24. The number of piperidine rings is 1. The van der Waals surface area contributed by atoms with E-state index in [0.29, 0.717) is 11.7 Å². The molecule has 0 saturated carbocycles. The van der Waals surface area contributed by atoms with E-state index in [2.05, 4.69) is 29.4 Å². The number of hydrogen-bond donors (Lipinski definition) is 2. The molecule has 1 saturated heterocycles. The van der Waals surface area contributed by atoms with Gasteiger partial charge < -0.3 is 10.2 Å². The van der Waals surface area contributed by atoms with E-state index in [9.17, 15) is 4.79 Å². The Bertz CT molecular complexity index is 368. The molecule has 0 aliphatic carbocycles. The Labute approximate surface area is 108 Å². The number of rotatable bonds is 4. The van der Waals surface area contributed by atoms with Crippen molar-refractivity contribution in [3.63, 3.8) is 0 Å². The maximum Gasteiger partial charge on any atom is 0.272 e. The lowest BCUT2D eigenvalue weighted by Gasteiger charge is -2.32. The first-order chi connectivity index (χ1) is 8.68. The van der Waals surface area contributed by atoms with Crippen molar-refractivity contribution in [2.24, 2.45) is 0 Å². The Kier molecular flexibility index (Phi) is 4.36. The molecular weight excluding hydrogens is 228 g/mol. The molecule has 0 bridgehead atoms. The second kappa shape index (κ2) is 6.00. The van der Waals surface area contributed by atoms with Crippen LogP contribution in [-0.4, -0.2) is 46.2 Å². The van der Waals surface area contributed by atoms with Gasteiger partial charge in [-0.15, -0.1) is 0 Å². The van der Waals surface area contributed by atoms with Crippen LogP contribution in [0.1, 0.15) is 43.6 Å². The maximum absolute atomic E-state index is 12.3. The summed E-state index contributed by atoms with van der Waals surface area (Å²) in [5, 5.41) is 10.1. The van der Waals surface area contributed by atoms with Gasteiger partial charge in [0.15, 0.2) is 0 Å². The molecule has 2 N–H and O–H groups in total. The third-order valence-corrected chi connectivity index (χ3v) is 3.44. The van der Waals surface area contributed by atoms with Crippen LogP contribution in [-0.2, 0) is 0 Å². The summed E-state index contributed by atoms with van der Waals surface area (Å²) in [6, 6.07) is 2.35. The van der Waals surface area contributed by atoms with Crippen molar-refractivity contribution in [2.45, 2.75) is 45.2 Å². The minimum absolute atomic E-state index is 0.0369. The summed E-state index contributed by atoms with van der Waals surface area (Å²) in [5.41, 5.74) is 0.569. The molecule has 2 rings (SSSR count). The molecule has 100 valence electrons. The molecule has 1 atom stereocenters. The Morgan fingerprint density at radius 3 is 2.94 bits per heavy atom. The molecule has 1 aromatic rings. The third-order valence-electron chi connectivity index (χ3n) is 3.44. The van der Waals surface area contributed by atoms with Crippen molar-refractivity contribution in [1.82, 2.24) is 20.4 Å². The number of nitrogens with zero attached hydrogens (tertiary/aromatic N) is 2. The predicted octanol–water partition coefficient (Wildman–Crippen LogP) is 1.40. The normalized spacial score (nSPS) is 20.1. The van der Waals surface area contributed by atoms with Crippen LogP contribution in [0, 0.1) is 0 Å². The molecule has 1 unspecified atom stereocenters. The molecule has 1 aliphatic heterocycles. The van der Waals surface area contributed by atoms with Gasteiger partial charge in [-0.05, 0) is 39.3 Å². The fraction of sp³-hybridized carbons (Fsp3) is 0.692. The van der Waals surface area contributed by atoms with Crippen LogP contribution in [0.3, 0.4) is 0 Å². The summed E-state index contributed by atoms with van der Waals surface area (Å²) in [4.78, 5) is 14.3. The molecule has 1 amide bonds. The van der Waals surface area contributed by atoms with E-state index < -0.39 is 0 Å². The minimum Gasteiger partial charge on any atom is -0.333 e. The number of H-pyrrole nitrogens is 1. The highest BCUT2D eigenvalue weighted by molar-refractivity contribution is 5.92. The average Bonchev–Trinajstić information content (AvgIpc) is 2.90. The Hall–Kier alpha value is -1.36. The summed E-state index contributed by atoms with van der Waals surface area (Å²) < 4.78 is 0. The van der Waals surface area contributed by atoms with Crippen LogP contribution in [0.2, 0.25) is 0 Å². The van der Waals surface area contributed by atoms with Crippen molar-refractivity contribution in [2.75, 3.05) is 13.1 Å². The molecule has 2 heterocycles. The predicted molar refractivity (Wildman–Crippen MR) is 70.4 cm³/mol. The monoisotopic (exact) mass is 250 g/mol. The first kappa shape index (κ1) is 13.1. The molecule has 0 spiro atoms. The van der Waals surface area contributed by atoms with Crippen LogP contribution < -0.4 is 5.32 Å². The molecular formula is C13H22N4O. The summed E-state index contributed by atoms with van der Waals surface area (Å²) in [7, 11) is 0. The molecule has 1 aromatic heterocycles. The van der Waals surface area contributed by atoms with Gasteiger partial charge in [0.25, 0.3) is 5.91 Å². The first-order valence-electron chi connectivity index (χ1n) is 6.72. The number of amides is 1. The minimum atomic E-state index is 0.0369. The Morgan fingerprint density at radius 1 is 1.56 bits per heavy atom. The quantitative estimate of drug-likeness (QED) is 0.849. The van der Waals surface area contributed by atoms with Crippen LogP contribution in [0.25, 0.3) is 0 Å². The fourth-order valence-corrected chi connectivity index (χ4v) is 2.38. The van der Waals surface area contributed by atoms with Crippen LogP contribution in [0.5, 0.6) is 0 Å². The fourth-order valence-electron chi connectivity index (χ4n) is 2.38. The zero-order valence-electron chi connectivity index (χ0n) is 11.1. The summed E-state index contributed by atoms with van der Waals surface area (Å²) in [5.74, 6) is 0.0369. The van der Waals surface area contributed by atoms with Gasteiger partial charge in [-0.1, -0.05) is 6.42 Å². The average molecular weight is 250 g/mol. The van der Waals surface area contributed by atoms with Gasteiger partial charge in [-0.2, -0.15) is 5.10 Å². The highest BCUT2D eigenvalue weighted by Crippen LogP contribution is 2.12. The molecule has 18 heavy (non-hydrogen) atoms. The number of carbonyl (C=O) groups is 1. The lowest BCUT2D eigenvalue weighted by molar-refractivity contribution is 0.0670. The van der Waals surface area contributed by atoms with Gasteiger partial charge in [0.2, 0.25) is 0 Å². The highest BCUT2D eigenvalue weighted by atomic mass is 16.2. The number of aromatic amines is 1. The maximum atomic E-state index is 12.3. The van der Waals surface area contributed by atoms with Gasteiger partial charge in [0, 0.05) is 24.8 Å². The molecule has 1 aliphatic rings. The molecule has 0 radical (unpaired) electrons. The standard InChI is InChI=1S/C13H22N4O/c1-10(2)17(9-11-5-3-4-7-14-11)13(18)12-6-8-15-16-12/h6,8,10-11,14H,3-5,7,9H2,1-2H3,(H,15,16). The Balaban J connectivity index is 2.01. The van der Waals surface area contributed by atoms with E-state index >= 15 is 0 Å². The van der Waals surface area contributed by atoms with E-state index in [4.69, 9.17) is 0 Å². The lowest BCUT2D eigenvalue weighted by Crippen LogP contribution is -2.48. The lowest BCUT2D eigenvalue weighted by atomic mass is 10.0. The number of carbonyl (C=O) groups excluding carboxylic acids is 1. The van der Waals surface area contributed by atoms with E-state index in [0.717, 1.165) is 19.5 Å². The summed E-state index contributed by atoms with van der Waals surface area (Å²) in [6.45, 7) is 5.94. The van der Waals surface area contributed by atoms with Crippen LogP contribution in [0.15, 0.2) is 12.3 Å². The summed E-state index contributed by atoms with van der Waals surface area (Å²) >= 11 is 0. The zero-order chi connectivity index (χ0) is 13.0. The number of nitrogens with one attached hydrogen (secondary N) is 2. The van der Waals surface area contributed by atoms with Crippen molar-refractivity contribution in [3.8, 4) is 0 Å². The molecule has 5 heteroatoms. The molecule has 0 aromatic carbocycles. The van der Waals surface area contributed by atoms with Crippen molar-refractivity contribution >= 4 is 5.91 Å². The van der Waals surface area contributed by atoms with Crippen molar-refractivity contribution in [1.29, 1.82) is 0 Å². The van der Waals surface area contributed by atoms with Crippen molar-refractivity contribution < 1.29 is 4.79 Å². The molecule has 1 fully saturated rings. The van der Waals surface area contributed by atoms with E-state index in [-0.39, 0.29) is 11.9 Å². The second-order valence-corrected chi connectivity index (χ2v) is 5.17. The van der Waals surface area contributed by atoms with Crippen LogP contribution >= 0.6 is 0 Å². The van der Waals surface area contributed by atoms with Gasteiger partial charge in [-0.25, -0.2) is 0 Å². The number of hydrogen-bond acceptors (Lipinski definition) is 3. The van der Waals surface area contributed by atoms with Crippen LogP contribution in [0.4, 0.5) is 0 Å².